The van der Waals surface area contributed by atoms with Crippen molar-refractivity contribution >= 4 is 34.4 Å². The lowest BCUT2D eigenvalue weighted by atomic mass is 9.86. The van der Waals surface area contributed by atoms with Gasteiger partial charge in [0.15, 0.2) is 6.61 Å². The number of hydrogen-bond acceptors (Lipinski definition) is 4. The fourth-order valence-corrected chi connectivity index (χ4v) is 5.36. The molecule has 186 valence electrons. The van der Waals surface area contributed by atoms with Gasteiger partial charge in [-0.15, -0.1) is 0 Å². The van der Waals surface area contributed by atoms with Gasteiger partial charge in [0.25, 0.3) is 5.91 Å². The van der Waals surface area contributed by atoms with Gasteiger partial charge in [-0.3, -0.25) is 4.79 Å². The Morgan fingerprint density at radius 3 is 2.50 bits per heavy atom. The van der Waals surface area contributed by atoms with Crippen LogP contribution in [0.3, 0.4) is 0 Å². The van der Waals surface area contributed by atoms with E-state index in [2.05, 4.69) is 5.32 Å². The largest absolute Gasteiger partial charge is 0.452 e. The monoisotopic (exact) mass is 486 g/mol. The summed E-state index contributed by atoms with van der Waals surface area (Å²) in [5.41, 5.74) is 4.71. The third kappa shape index (κ3) is 5.48. The first kappa shape index (κ1) is 24.2. The van der Waals surface area contributed by atoms with Gasteiger partial charge in [-0.1, -0.05) is 56.0 Å². The molecule has 3 aromatic rings. The van der Waals surface area contributed by atoms with E-state index in [0.29, 0.717) is 17.5 Å². The van der Waals surface area contributed by atoms with E-state index in [9.17, 15) is 14.0 Å². The molecule has 36 heavy (non-hydrogen) atoms. The molecule has 0 radical (unpaired) electrons. The molecule has 6 heteroatoms. The molecule has 0 unspecified atom stereocenters. The van der Waals surface area contributed by atoms with Crippen LogP contribution in [0.5, 0.6) is 0 Å². The number of hydrogen-bond donors (Lipinski definition) is 1. The Labute approximate surface area is 210 Å². The van der Waals surface area contributed by atoms with Gasteiger partial charge in [0.1, 0.15) is 5.82 Å². The molecular weight excluding hydrogens is 455 g/mol. The standard InChI is InChI=1S/C30H31FN2O3/c31-22-16-14-20(15-17-22)18-21-8-7-12-25-28(24-11-5-6-13-26(24)33-29(21)25)30(35)36-19-27(34)32-23-9-3-1-2-4-10-23/h5-6,11,13-18,23H,1-4,7-10,12,19H2,(H,32,34). The topological polar surface area (TPSA) is 68.3 Å². The number of ether oxygens (including phenoxy) is 1. The van der Waals surface area contributed by atoms with Gasteiger partial charge >= 0.3 is 5.97 Å². The number of nitrogens with one attached hydrogen (secondary N) is 1. The molecule has 0 bridgehead atoms. The average molecular weight is 487 g/mol. The lowest BCUT2D eigenvalue weighted by Gasteiger charge is -2.22. The number of esters is 1. The maximum Gasteiger partial charge on any atom is 0.339 e. The molecule has 1 N–H and O–H groups in total. The SMILES string of the molecule is O=C(COC(=O)c1c2c(nc3ccccc13)C(=Cc1ccc(F)cc1)CCC2)NC1CCCCCC1. The van der Waals surface area contributed by atoms with Crippen LogP contribution in [-0.2, 0) is 16.0 Å². The molecule has 2 aliphatic rings. The van der Waals surface area contributed by atoms with Crippen molar-refractivity contribution in [3.63, 3.8) is 0 Å². The molecule has 1 heterocycles. The van der Waals surface area contributed by atoms with Gasteiger partial charge in [-0.2, -0.15) is 0 Å². The number of aromatic nitrogens is 1. The minimum atomic E-state index is -0.496. The van der Waals surface area contributed by atoms with Crippen LogP contribution in [0.15, 0.2) is 48.5 Å². The highest BCUT2D eigenvalue weighted by molar-refractivity contribution is 6.07. The van der Waals surface area contributed by atoms with Crippen LogP contribution >= 0.6 is 0 Å². The molecule has 0 aliphatic heterocycles. The molecule has 2 aromatic carbocycles. The van der Waals surface area contributed by atoms with Gasteiger partial charge < -0.3 is 10.1 Å². The lowest BCUT2D eigenvalue weighted by Crippen LogP contribution is -2.37. The van der Waals surface area contributed by atoms with Crippen molar-refractivity contribution in [2.45, 2.75) is 63.8 Å². The molecule has 0 atom stereocenters. The first-order valence-electron chi connectivity index (χ1n) is 12.9. The minimum Gasteiger partial charge on any atom is -0.452 e. The number of amides is 1. The normalized spacial score (nSPS) is 17.4. The molecule has 1 aromatic heterocycles. The second-order valence-corrected chi connectivity index (χ2v) is 9.74. The Bertz CT molecular complexity index is 1290. The van der Waals surface area contributed by atoms with Gasteiger partial charge in [0.05, 0.1) is 16.8 Å². The third-order valence-electron chi connectivity index (χ3n) is 7.14. The van der Waals surface area contributed by atoms with Crippen molar-refractivity contribution in [3.05, 3.63) is 76.7 Å². The summed E-state index contributed by atoms with van der Waals surface area (Å²) in [7, 11) is 0. The summed E-state index contributed by atoms with van der Waals surface area (Å²) in [5.74, 6) is -1.03. The van der Waals surface area contributed by atoms with E-state index >= 15 is 0 Å². The molecule has 5 nitrogen and oxygen atoms in total. The Morgan fingerprint density at radius 1 is 0.972 bits per heavy atom. The van der Waals surface area contributed by atoms with Gasteiger partial charge in [0.2, 0.25) is 0 Å². The van der Waals surface area contributed by atoms with E-state index < -0.39 is 5.97 Å². The first-order valence-corrected chi connectivity index (χ1v) is 12.9. The number of para-hydroxylation sites is 1. The van der Waals surface area contributed by atoms with Crippen molar-refractivity contribution < 1.29 is 18.7 Å². The number of carbonyl (C=O) groups is 2. The van der Waals surface area contributed by atoms with Crippen LogP contribution in [0.1, 0.15) is 78.5 Å². The average Bonchev–Trinajstić information content (AvgIpc) is 3.16. The zero-order chi connectivity index (χ0) is 24.9. The molecule has 1 fully saturated rings. The fourth-order valence-electron chi connectivity index (χ4n) is 5.36. The van der Waals surface area contributed by atoms with Crippen molar-refractivity contribution in [1.82, 2.24) is 10.3 Å². The summed E-state index contributed by atoms with van der Waals surface area (Å²) in [6.45, 7) is -0.293. The molecule has 0 spiro atoms. The number of fused-ring (bicyclic) bond motifs is 2. The first-order chi connectivity index (χ1) is 17.6. The van der Waals surface area contributed by atoms with Crippen molar-refractivity contribution in [2.24, 2.45) is 0 Å². The number of benzene rings is 2. The highest BCUT2D eigenvalue weighted by Gasteiger charge is 2.26. The smallest absolute Gasteiger partial charge is 0.339 e. The number of pyridine rings is 1. The number of nitrogens with zero attached hydrogens (tertiary/aromatic N) is 1. The van der Waals surface area contributed by atoms with Gasteiger partial charge in [0, 0.05) is 11.4 Å². The van der Waals surface area contributed by atoms with Crippen LogP contribution in [0.2, 0.25) is 0 Å². The van der Waals surface area contributed by atoms with Crippen LogP contribution in [-0.4, -0.2) is 29.5 Å². The Hall–Kier alpha value is -3.54. The third-order valence-corrected chi connectivity index (χ3v) is 7.14. The number of carbonyl (C=O) groups excluding carboxylic acids is 2. The Morgan fingerprint density at radius 2 is 1.72 bits per heavy atom. The summed E-state index contributed by atoms with van der Waals surface area (Å²) in [5, 5.41) is 3.77. The minimum absolute atomic E-state index is 0.160. The number of halogens is 1. The summed E-state index contributed by atoms with van der Waals surface area (Å²) in [6.07, 6.45) is 11.0. The Balaban J connectivity index is 1.42. The summed E-state index contributed by atoms with van der Waals surface area (Å²) in [4.78, 5) is 30.9. The quantitative estimate of drug-likeness (QED) is 0.342. The van der Waals surface area contributed by atoms with Crippen molar-refractivity contribution in [2.75, 3.05) is 6.61 Å². The molecular formula is C30H31FN2O3. The lowest BCUT2D eigenvalue weighted by molar-refractivity contribution is -0.125. The van der Waals surface area contributed by atoms with E-state index in [1.54, 1.807) is 12.1 Å². The van der Waals surface area contributed by atoms with Crippen LogP contribution in [0.4, 0.5) is 4.39 Å². The van der Waals surface area contributed by atoms with Gasteiger partial charge in [-0.05, 0) is 73.1 Å². The van der Waals surface area contributed by atoms with E-state index in [1.807, 2.05) is 30.3 Å². The van der Waals surface area contributed by atoms with Crippen molar-refractivity contribution in [1.29, 1.82) is 0 Å². The fraction of sp³-hybridized carbons (Fsp3) is 0.367. The maximum atomic E-state index is 13.4. The molecule has 0 saturated heterocycles. The molecule has 1 amide bonds. The second kappa shape index (κ2) is 11.0. The number of rotatable bonds is 5. The maximum absolute atomic E-state index is 13.4. The summed E-state index contributed by atoms with van der Waals surface area (Å²) < 4.78 is 19.0. The Kier molecular flexibility index (Phi) is 7.40. The van der Waals surface area contributed by atoms with Crippen molar-refractivity contribution in [3.8, 4) is 0 Å². The van der Waals surface area contributed by atoms with Crippen LogP contribution < -0.4 is 5.32 Å². The molecule has 1 saturated carbocycles. The predicted octanol–water partition coefficient (Wildman–Crippen LogP) is 6.25. The van der Waals surface area contributed by atoms with E-state index in [-0.39, 0.29) is 24.4 Å². The van der Waals surface area contributed by atoms with Crippen LogP contribution in [0, 0.1) is 5.82 Å². The highest BCUT2D eigenvalue weighted by Crippen LogP contribution is 2.36. The van der Waals surface area contributed by atoms with Crippen LogP contribution in [0.25, 0.3) is 22.6 Å². The summed E-state index contributed by atoms with van der Waals surface area (Å²) >= 11 is 0. The van der Waals surface area contributed by atoms with E-state index in [4.69, 9.17) is 9.72 Å². The van der Waals surface area contributed by atoms with E-state index in [1.165, 1.54) is 25.0 Å². The zero-order valence-electron chi connectivity index (χ0n) is 20.4. The van der Waals surface area contributed by atoms with E-state index in [0.717, 1.165) is 66.3 Å². The van der Waals surface area contributed by atoms with Gasteiger partial charge in [-0.25, -0.2) is 14.2 Å². The number of allylic oxidation sites excluding steroid dienone is 1. The second-order valence-electron chi connectivity index (χ2n) is 9.74. The molecule has 5 rings (SSSR count). The molecule has 2 aliphatic carbocycles. The summed E-state index contributed by atoms with van der Waals surface area (Å²) in [6, 6.07) is 14.0. The zero-order valence-corrected chi connectivity index (χ0v) is 20.4. The predicted molar refractivity (Wildman–Crippen MR) is 139 cm³/mol. The highest BCUT2D eigenvalue weighted by atomic mass is 19.1.